The molecular formula is C32H48N6O. The minimum atomic E-state index is 0.129. The number of piperidine rings is 1. The molecule has 3 aromatic rings. The highest BCUT2D eigenvalue weighted by atomic mass is 16.2. The van der Waals surface area contributed by atoms with Crippen LogP contribution in [0.5, 0.6) is 0 Å². The van der Waals surface area contributed by atoms with E-state index in [9.17, 15) is 4.79 Å². The molecule has 0 atom stereocenters. The predicted octanol–water partition coefficient (Wildman–Crippen LogP) is 6.45. The van der Waals surface area contributed by atoms with Crippen LogP contribution >= 0.6 is 0 Å². The highest BCUT2D eigenvalue weighted by Gasteiger charge is 2.19. The quantitative estimate of drug-likeness (QED) is 0.258. The number of nitrogens with one attached hydrogen (secondary N) is 1. The number of hydrogen-bond acceptors (Lipinski definition) is 5. The van der Waals surface area contributed by atoms with Crippen molar-refractivity contribution in [3.63, 3.8) is 0 Å². The van der Waals surface area contributed by atoms with Crippen LogP contribution in [0, 0.1) is 11.8 Å². The predicted molar refractivity (Wildman–Crippen MR) is 161 cm³/mol. The number of hydrogen-bond donors (Lipinski definition) is 1. The van der Waals surface area contributed by atoms with Crippen LogP contribution in [0.3, 0.4) is 0 Å². The number of rotatable bonds is 14. The van der Waals surface area contributed by atoms with Crippen molar-refractivity contribution in [3.8, 4) is 0 Å². The van der Waals surface area contributed by atoms with Crippen LogP contribution < -0.4 is 5.32 Å². The highest BCUT2D eigenvalue weighted by Crippen LogP contribution is 2.24. The number of nitrogens with zero attached hydrogens (tertiary/aromatic N) is 5. The summed E-state index contributed by atoms with van der Waals surface area (Å²) in [6.07, 6.45) is 10.7. The first kappa shape index (κ1) is 29.1. The van der Waals surface area contributed by atoms with Gasteiger partial charge in [0.25, 0.3) is 5.91 Å². The molecule has 1 N–H and O–H groups in total. The molecule has 1 aromatic carbocycles. The Morgan fingerprint density at radius 3 is 2.41 bits per heavy atom. The molecule has 0 aliphatic carbocycles. The third-order valence-electron chi connectivity index (χ3n) is 7.71. The van der Waals surface area contributed by atoms with E-state index >= 15 is 0 Å². The molecule has 3 heterocycles. The summed E-state index contributed by atoms with van der Waals surface area (Å²) in [6, 6.07) is 10.1. The van der Waals surface area contributed by atoms with E-state index < -0.39 is 0 Å². The van der Waals surface area contributed by atoms with E-state index in [1.54, 1.807) is 6.20 Å². The Bertz CT molecular complexity index is 1150. The van der Waals surface area contributed by atoms with Gasteiger partial charge in [0, 0.05) is 44.1 Å². The van der Waals surface area contributed by atoms with Crippen LogP contribution in [0.4, 0.5) is 5.95 Å². The van der Waals surface area contributed by atoms with Crippen LogP contribution in [-0.4, -0.2) is 63.0 Å². The number of likely N-dealkylation sites (tertiary alicyclic amines) is 1. The summed E-state index contributed by atoms with van der Waals surface area (Å²) in [6.45, 7) is 15.5. The van der Waals surface area contributed by atoms with Crippen LogP contribution in [0.25, 0.3) is 11.0 Å². The van der Waals surface area contributed by atoms with Gasteiger partial charge in [0.05, 0.1) is 11.0 Å². The van der Waals surface area contributed by atoms with E-state index in [0.717, 1.165) is 73.6 Å². The molecular weight excluding hydrogens is 484 g/mol. The summed E-state index contributed by atoms with van der Waals surface area (Å²) < 4.78 is 2.28. The van der Waals surface area contributed by atoms with Crippen molar-refractivity contribution in [2.75, 3.05) is 38.0 Å². The van der Waals surface area contributed by atoms with Gasteiger partial charge in [-0.2, -0.15) is 0 Å². The van der Waals surface area contributed by atoms with Gasteiger partial charge in [-0.3, -0.25) is 9.78 Å². The number of aromatic nitrogens is 3. The Kier molecular flexibility index (Phi) is 10.8. The topological polar surface area (TPSA) is 66.3 Å². The van der Waals surface area contributed by atoms with Gasteiger partial charge in [-0.1, -0.05) is 40.2 Å². The minimum absolute atomic E-state index is 0.129. The molecule has 0 bridgehead atoms. The molecule has 1 saturated heterocycles. The Morgan fingerprint density at radius 1 is 1.00 bits per heavy atom. The van der Waals surface area contributed by atoms with Gasteiger partial charge < -0.3 is 19.7 Å². The standard InChI is InChI=1S/C32H48N6O/c1-25(2)13-20-37(21-14-26(3)4)31(39)28-11-12-29-30(22-28)38(19-9-18-36-16-6-5-7-17-36)32(35-29)34-24-27-10-8-15-33-23-27/h8,10-12,15,22-23,25-26H,5-7,9,13-14,16-21,24H2,1-4H3,(H,34,35). The third kappa shape index (κ3) is 8.53. The average molecular weight is 533 g/mol. The average Bonchev–Trinajstić information content (AvgIpc) is 3.29. The number of anilines is 1. The van der Waals surface area contributed by atoms with E-state index in [4.69, 9.17) is 4.98 Å². The van der Waals surface area contributed by atoms with Gasteiger partial charge in [0.2, 0.25) is 5.95 Å². The van der Waals surface area contributed by atoms with Crippen molar-refractivity contribution in [2.45, 2.75) is 79.3 Å². The number of pyridine rings is 1. The van der Waals surface area contributed by atoms with Crippen molar-refractivity contribution in [3.05, 3.63) is 53.9 Å². The molecule has 7 heteroatoms. The summed E-state index contributed by atoms with van der Waals surface area (Å²) >= 11 is 0. The molecule has 7 nitrogen and oxygen atoms in total. The van der Waals surface area contributed by atoms with Crippen molar-refractivity contribution in [1.82, 2.24) is 24.3 Å². The minimum Gasteiger partial charge on any atom is -0.351 e. The number of imidazole rings is 1. The second kappa shape index (κ2) is 14.5. The molecule has 0 saturated carbocycles. The van der Waals surface area contributed by atoms with Gasteiger partial charge in [-0.05, 0) is 93.4 Å². The SMILES string of the molecule is CC(C)CCN(CCC(C)C)C(=O)c1ccc2nc(NCc3cccnc3)n(CCCN3CCCCC3)c2c1. The molecule has 1 fully saturated rings. The van der Waals surface area contributed by atoms with Gasteiger partial charge >= 0.3 is 0 Å². The summed E-state index contributed by atoms with van der Waals surface area (Å²) in [4.78, 5) is 27.6. The number of amides is 1. The summed E-state index contributed by atoms with van der Waals surface area (Å²) in [5.74, 6) is 2.12. The fraction of sp³-hybridized carbons (Fsp3) is 0.594. The van der Waals surface area contributed by atoms with E-state index in [2.05, 4.69) is 64.5 Å². The lowest BCUT2D eigenvalue weighted by atomic mass is 10.1. The highest BCUT2D eigenvalue weighted by molar-refractivity contribution is 5.97. The molecule has 0 spiro atoms. The second-order valence-electron chi connectivity index (χ2n) is 11.9. The van der Waals surface area contributed by atoms with E-state index in [1.165, 1.54) is 32.4 Å². The fourth-order valence-corrected chi connectivity index (χ4v) is 5.26. The van der Waals surface area contributed by atoms with Gasteiger partial charge in [0.1, 0.15) is 0 Å². The van der Waals surface area contributed by atoms with Crippen molar-refractivity contribution < 1.29 is 4.79 Å². The zero-order valence-corrected chi connectivity index (χ0v) is 24.5. The van der Waals surface area contributed by atoms with Crippen molar-refractivity contribution >= 4 is 22.9 Å². The number of fused-ring (bicyclic) bond motifs is 1. The number of benzene rings is 1. The summed E-state index contributed by atoms with van der Waals surface area (Å²) in [5.41, 5.74) is 3.83. The number of carbonyl (C=O) groups is 1. The molecule has 1 amide bonds. The zero-order chi connectivity index (χ0) is 27.6. The lowest BCUT2D eigenvalue weighted by molar-refractivity contribution is 0.0741. The van der Waals surface area contributed by atoms with Crippen LogP contribution in [0.2, 0.25) is 0 Å². The van der Waals surface area contributed by atoms with E-state index in [-0.39, 0.29) is 5.91 Å². The third-order valence-corrected chi connectivity index (χ3v) is 7.71. The first-order valence-electron chi connectivity index (χ1n) is 15.1. The molecule has 0 radical (unpaired) electrons. The zero-order valence-electron chi connectivity index (χ0n) is 24.5. The molecule has 2 aromatic heterocycles. The maximum absolute atomic E-state index is 13.7. The molecule has 39 heavy (non-hydrogen) atoms. The first-order chi connectivity index (χ1) is 18.9. The van der Waals surface area contributed by atoms with Gasteiger partial charge in [-0.15, -0.1) is 0 Å². The smallest absolute Gasteiger partial charge is 0.253 e. The van der Waals surface area contributed by atoms with E-state index in [0.29, 0.717) is 18.4 Å². The first-order valence-corrected chi connectivity index (χ1v) is 15.1. The van der Waals surface area contributed by atoms with Crippen LogP contribution in [0.1, 0.15) is 82.1 Å². The molecule has 0 unspecified atom stereocenters. The lowest BCUT2D eigenvalue weighted by Crippen LogP contribution is -2.34. The normalized spacial score (nSPS) is 14.4. The van der Waals surface area contributed by atoms with Crippen LogP contribution in [0.15, 0.2) is 42.7 Å². The summed E-state index contributed by atoms with van der Waals surface area (Å²) in [7, 11) is 0. The number of carbonyl (C=O) groups excluding carboxylic acids is 1. The Labute approximate surface area is 235 Å². The maximum Gasteiger partial charge on any atom is 0.253 e. The Hall–Kier alpha value is -2.93. The molecule has 1 aliphatic heterocycles. The van der Waals surface area contributed by atoms with Crippen molar-refractivity contribution in [1.29, 1.82) is 0 Å². The maximum atomic E-state index is 13.7. The van der Waals surface area contributed by atoms with E-state index in [1.807, 2.05) is 24.4 Å². The monoisotopic (exact) mass is 532 g/mol. The molecule has 212 valence electrons. The van der Waals surface area contributed by atoms with Crippen molar-refractivity contribution in [2.24, 2.45) is 11.8 Å². The Balaban J connectivity index is 1.57. The molecule has 1 aliphatic rings. The number of aryl methyl sites for hydroxylation is 1. The lowest BCUT2D eigenvalue weighted by Gasteiger charge is -2.26. The van der Waals surface area contributed by atoms with Gasteiger partial charge in [-0.25, -0.2) is 4.98 Å². The summed E-state index contributed by atoms with van der Waals surface area (Å²) in [5, 5.41) is 3.55. The molecule has 4 rings (SSSR count). The Morgan fingerprint density at radius 2 is 1.74 bits per heavy atom. The fourth-order valence-electron chi connectivity index (χ4n) is 5.26. The van der Waals surface area contributed by atoms with Gasteiger partial charge in [0.15, 0.2) is 0 Å². The largest absolute Gasteiger partial charge is 0.351 e. The second-order valence-corrected chi connectivity index (χ2v) is 11.9. The van der Waals surface area contributed by atoms with Crippen LogP contribution in [-0.2, 0) is 13.1 Å².